The number of benzene rings is 2. The van der Waals surface area contributed by atoms with Crippen molar-refractivity contribution in [3.63, 3.8) is 0 Å². The lowest BCUT2D eigenvalue weighted by Crippen LogP contribution is -2.31. The minimum atomic E-state index is -1.04. The number of thioether (sulfide) groups is 1. The van der Waals surface area contributed by atoms with Crippen LogP contribution in [0.5, 0.6) is 0 Å². The van der Waals surface area contributed by atoms with Crippen LogP contribution in [-0.2, 0) is 9.59 Å². The topological polar surface area (TPSA) is 86.7 Å². The zero-order valence-electron chi connectivity index (χ0n) is 14.9. The number of carboxylic acids is 1. The predicted octanol–water partition coefficient (Wildman–Crippen LogP) is 4.27. The number of nitrogens with one attached hydrogen (secondary N) is 1. The fourth-order valence-corrected chi connectivity index (χ4v) is 3.97. The largest absolute Gasteiger partial charge is 0.478 e. The second-order valence-electron chi connectivity index (χ2n) is 6.07. The Kier molecular flexibility index (Phi) is 6.68. The number of carbonyl (C=O) groups is 3. The van der Waals surface area contributed by atoms with E-state index in [1.807, 2.05) is 0 Å². The van der Waals surface area contributed by atoms with Crippen molar-refractivity contribution in [2.75, 3.05) is 11.9 Å². The van der Waals surface area contributed by atoms with E-state index in [-0.39, 0.29) is 30.3 Å². The second-order valence-corrected chi connectivity index (χ2v) is 8.18. The van der Waals surface area contributed by atoms with Crippen LogP contribution < -0.4 is 5.32 Å². The number of thiocarbonyl (C=S) groups is 1. The summed E-state index contributed by atoms with van der Waals surface area (Å²) < 4.78 is 0.397. The summed E-state index contributed by atoms with van der Waals surface area (Å²) in [5.41, 5.74) is 1.44. The number of hydrogen-bond donors (Lipinski definition) is 2. The zero-order valence-corrected chi connectivity index (χ0v) is 17.3. The minimum Gasteiger partial charge on any atom is -0.478 e. The normalized spacial score (nSPS) is 15.1. The number of hydrogen-bond acceptors (Lipinski definition) is 5. The molecule has 0 unspecified atom stereocenters. The van der Waals surface area contributed by atoms with Gasteiger partial charge in [0.1, 0.15) is 4.32 Å². The van der Waals surface area contributed by atoms with Crippen molar-refractivity contribution in [3.8, 4) is 0 Å². The maximum Gasteiger partial charge on any atom is 0.335 e. The molecular formula is C20H15ClN2O4S2. The Bertz CT molecular complexity index is 1000. The van der Waals surface area contributed by atoms with Crippen LogP contribution in [0.2, 0.25) is 5.02 Å². The Morgan fingerprint density at radius 2 is 1.79 bits per heavy atom. The summed E-state index contributed by atoms with van der Waals surface area (Å²) in [5.74, 6) is -1.58. The van der Waals surface area contributed by atoms with Gasteiger partial charge in [-0.25, -0.2) is 4.79 Å². The number of carbonyl (C=O) groups excluding carboxylic acids is 2. The van der Waals surface area contributed by atoms with E-state index in [0.717, 1.165) is 5.56 Å². The molecule has 0 aromatic heterocycles. The lowest BCUT2D eigenvalue weighted by Gasteiger charge is -2.14. The summed E-state index contributed by atoms with van der Waals surface area (Å²) >= 11 is 12.3. The molecule has 0 aliphatic carbocycles. The van der Waals surface area contributed by atoms with Crippen LogP contribution in [-0.4, -0.2) is 38.7 Å². The molecule has 0 spiro atoms. The molecular weight excluding hydrogens is 432 g/mol. The van der Waals surface area contributed by atoms with Gasteiger partial charge in [0.05, 0.1) is 10.5 Å². The van der Waals surface area contributed by atoms with E-state index in [9.17, 15) is 14.4 Å². The molecule has 148 valence electrons. The molecule has 1 heterocycles. The number of rotatable bonds is 6. The quantitative estimate of drug-likeness (QED) is 0.509. The number of carboxylic acid groups (broad SMARTS) is 1. The highest BCUT2D eigenvalue weighted by Gasteiger charge is 2.32. The van der Waals surface area contributed by atoms with Gasteiger partial charge in [-0.15, -0.1) is 0 Å². The summed E-state index contributed by atoms with van der Waals surface area (Å²) in [5, 5.41) is 12.2. The lowest BCUT2D eigenvalue weighted by atomic mass is 10.2. The molecule has 29 heavy (non-hydrogen) atoms. The summed E-state index contributed by atoms with van der Waals surface area (Å²) in [6, 6.07) is 12.9. The third-order valence-corrected chi connectivity index (χ3v) is 5.65. The lowest BCUT2D eigenvalue weighted by molar-refractivity contribution is -0.122. The summed E-state index contributed by atoms with van der Waals surface area (Å²) in [7, 11) is 0. The third-order valence-electron chi connectivity index (χ3n) is 4.02. The van der Waals surface area contributed by atoms with E-state index in [0.29, 0.717) is 19.9 Å². The van der Waals surface area contributed by atoms with E-state index in [2.05, 4.69) is 5.32 Å². The van der Waals surface area contributed by atoms with E-state index >= 15 is 0 Å². The monoisotopic (exact) mass is 446 g/mol. The minimum absolute atomic E-state index is 0.0569. The van der Waals surface area contributed by atoms with Crippen LogP contribution in [0.4, 0.5) is 5.69 Å². The molecule has 9 heteroatoms. The fourth-order valence-electron chi connectivity index (χ4n) is 2.54. The first-order chi connectivity index (χ1) is 13.8. The number of halogens is 1. The maximum absolute atomic E-state index is 12.6. The van der Waals surface area contributed by atoms with Crippen molar-refractivity contribution in [3.05, 3.63) is 69.6 Å². The van der Waals surface area contributed by atoms with Crippen LogP contribution in [0.1, 0.15) is 22.3 Å². The van der Waals surface area contributed by atoms with Gasteiger partial charge in [-0.1, -0.05) is 47.7 Å². The van der Waals surface area contributed by atoms with E-state index in [1.54, 1.807) is 30.3 Å². The average Bonchev–Trinajstić information content (AvgIpc) is 2.95. The molecule has 0 bridgehead atoms. The van der Waals surface area contributed by atoms with Gasteiger partial charge in [-0.3, -0.25) is 14.5 Å². The molecule has 2 aromatic rings. The Morgan fingerprint density at radius 3 is 2.41 bits per heavy atom. The number of anilines is 1. The molecule has 0 atom stereocenters. The van der Waals surface area contributed by atoms with Crippen LogP contribution >= 0.6 is 35.6 Å². The van der Waals surface area contributed by atoms with Crippen molar-refractivity contribution >= 4 is 69.4 Å². The number of nitrogens with zero attached hydrogens (tertiary/aromatic N) is 1. The SMILES string of the molecule is O=C(CCN1C(=O)C(=Cc2ccc(Cl)cc2)SC1=S)Nc1ccc(C(=O)O)cc1. The van der Waals surface area contributed by atoms with Gasteiger partial charge >= 0.3 is 5.97 Å². The highest BCUT2D eigenvalue weighted by atomic mass is 35.5. The molecule has 0 saturated carbocycles. The maximum atomic E-state index is 12.6. The van der Waals surface area contributed by atoms with Gasteiger partial charge in [0.25, 0.3) is 5.91 Å². The first-order valence-corrected chi connectivity index (χ1v) is 10.1. The Morgan fingerprint density at radius 1 is 1.14 bits per heavy atom. The van der Waals surface area contributed by atoms with Crippen LogP contribution in [0.3, 0.4) is 0 Å². The predicted molar refractivity (Wildman–Crippen MR) is 118 cm³/mol. The van der Waals surface area contributed by atoms with Crippen molar-refractivity contribution in [2.24, 2.45) is 0 Å². The van der Waals surface area contributed by atoms with Crippen LogP contribution in [0, 0.1) is 0 Å². The van der Waals surface area contributed by atoms with E-state index in [1.165, 1.54) is 40.9 Å². The molecule has 2 N–H and O–H groups in total. The van der Waals surface area contributed by atoms with Crippen molar-refractivity contribution in [1.82, 2.24) is 4.90 Å². The van der Waals surface area contributed by atoms with Crippen molar-refractivity contribution in [2.45, 2.75) is 6.42 Å². The van der Waals surface area contributed by atoms with E-state index in [4.69, 9.17) is 28.9 Å². The first kappa shape index (κ1) is 21.0. The molecule has 2 amide bonds. The molecule has 6 nitrogen and oxygen atoms in total. The van der Waals surface area contributed by atoms with E-state index < -0.39 is 5.97 Å². The standard InChI is InChI=1S/C20H15ClN2O4S2/c21-14-5-1-12(2-6-14)11-16-18(25)23(20(28)29-16)10-9-17(24)22-15-7-3-13(4-8-15)19(26)27/h1-8,11H,9-10H2,(H,22,24)(H,26,27). The molecule has 2 aromatic carbocycles. The zero-order chi connectivity index (χ0) is 21.0. The van der Waals surface area contributed by atoms with Crippen molar-refractivity contribution < 1.29 is 19.5 Å². The van der Waals surface area contributed by atoms with Gasteiger partial charge < -0.3 is 10.4 Å². The van der Waals surface area contributed by atoms with Gasteiger partial charge in [0.15, 0.2) is 0 Å². The molecule has 1 aliphatic rings. The van der Waals surface area contributed by atoms with Gasteiger partial charge in [-0.2, -0.15) is 0 Å². The van der Waals surface area contributed by atoms with Crippen molar-refractivity contribution in [1.29, 1.82) is 0 Å². The first-order valence-electron chi connectivity index (χ1n) is 8.47. The van der Waals surface area contributed by atoms with Gasteiger partial charge in [0, 0.05) is 23.7 Å². The molecule has 1 fully saturated rings. The van der Waals surface area contributed by atoms with Crippen LogP contribution in [0.15, 0.2) is 53.4 Å². The second kappa shape index (κ2) is 9.21. The molecule has 1 aliphatic heterocycles. The smallest absolute Gasteiger partial charge is 0.335 e. The number of aromatic carboxylic acids is 1. The number of amides is 2. The molecule has 1 saturated heterocycles. The summed E-state index contributed by atoms with van der Waals surface area (Å²) in [4.78, 5) is 37.5. The third kappa shape index (κ3) is 5.44. The molecule has 3 rings (SSSR count). The highest BCUT2D eigenvalue weighted by molar-refractivity contribution is 8.26. The highest BCUT2D eigenvalue weighted by Crippen LogP contribution is 2.32. The Balaban J connectivity index is 1.57. The molecule has 0 radical (unpaired) electrons. The van der Waals surface area contributed by atoms with Gasteiger partial charge in [0.2, 0.25) is 5.91 Å². The summed E-state index contributed by atoms with van der Waals surface area (Å²) in [6.45, 7) is 0.154. The Hall–Kier alpha value is -2.68. The fraction of sp³-hybridized carbons (Fsp3) is 0.100. The van der Waals surface area contributed by atoms with Crippen LogP contribution in [0.25, 0.3) is 6.08 Å². The summed E-state index contributed by atoms with van der Waals surface area (Å²) in [6.07, 6.45) is 1.79. The Labute approximate surface area is 181 Å². The average molecular weight is 447 g/mol. The van der Waals surface area contributed by atoms with Gasteiger partial charge in [-0.05, 0) is 48.0 Å².